The Bertz CT molecular complexity index is 734. The Kier molecular flexibility index (Phi) is 5.09. The zero-order valence-electron chi connectivity index (χ0n) is 14.8. The van der Waals surface area contributed by atoms with Crippen LogP contribution >= 0.6 is 0 Å². The summed E-state index contributed by atoms with van der Waals surface area (Å²) in [5.41, 5.74) is 1.15. The van der Waals surface area contributed by atoms with Crippen LogP contribution in [0.1, 0.15) is 37.0 Å². The number of rotatable bonds is 4. The van der Waals surface area contributed by atoms with Gasteiger partial charge >= 0.3 is 5.97 Å². The highest BCUT2D eigenvalue weighted by molar-refractivity contribution is 5.95. The maximum atomic E-state index is 12.7. The zero-order chi connectivity index (χ0) is 17.9. The largest absolute Gasteiger partial charge is 0.506 e. The molecule has 0 radical (unpaired) electrons. The first-order chi connectivity index (χ1) is 12.0. The van der Waals surface area contributed by atoms with Crippen LogP contribution in [-0.2, 0) is 4.74 Å². The molecule has 2 aromatic rings. The Morgan fingerprint density at radius 3 is 2.44 bits per heavy atom. The summed E-state index contributed by atoms with van der Waals surface area (Å²) in [6, 6.07) is 14.7. The van der Waals surface area contributed by atoms with E-state index >= 15 is 0 Å². The molecule has 25 heavy (non-hydrogen) atoms. The van der Waals surface area contributed by atoms with Crippen LogP contribution in [0.3, 0.4) is 0 Å². The third-order valence-electron chi connectivity index (χ3n) is 5.02. The first-order valence-corrected chi connectivity index (χ1v) is 8.80. The first-order valence-electron chi connectivity index (χ1n) is 8.80. The standard InChI is InChI=1S/C21H25NO3/c1-21(2,16-11-13-22-14-12-16)25-20(24)18-10-6-9-17(19(18)23)15-7-4-3-5-8-15/h3-10,16,22-23H,11-14H2,1-2H3. The summed E-state index contributed by atoms with van der Waals surface area (Å²) in [5.74, 6) is -0.184. The summed E-state index contributed by atoms with van der Waals surface area (Å²) in [7, 11) is 0. The molecule has 0 aliphatic carbocycles. The van der Waals surface area contributed by atoms with Gasteiger partial charge in [0.05, 0.1) is 0 Å². The Morgan fingerprint density at radius 1 is 1.08 bits per heavy atom. The normalized spacial score (nSPS) is 15.8. The van der Waals surface area contributed by atoms with E-state index in [9.17, 15) is 9.90 Å². The molecule has 4 heteroatoms. The average Bonchev–Trinajstić information content (AvgIpc) is 2.63. The quantitative estimate of drug-likeness (QED) is 0.827. The summed E-state index contributed by atoms with van der Waals surface area (Å²) < 4.78 is 5.81. The molecule has 0 bridgehead atoms. The number of aromatic hydroxyl groups is 1. The fraction of sp³-hybridized carbons (Fsp3) is 0.381. The molecule has 2 aromatic carbocycles. The molecule has 0 amide bonds. The minimum absolute atomic E-state index is 0.0280. The van der Waals surface area contributed by atoms with Crippen LogP contribution in [0.5, 0.6) is 5.75 Å². The molecule has 0 spiro atoms. The Balaban J connectivity index is 1.83. The topological polar surface area (TPSA) is 58.6 Å². The van der Waals surface area contributed by atoms with Crippen LogP contribution in [0.4, 0.5) is 0 Å². The van der Waals surface area contributed by atoms with E-state index < -0.39 is 11.6 Å². The minimum atomic E-state index is -0.561. The van der Waals surface area contributed by atoms with Gasteiger partial charge in [-0.2, -0.15) is 0 Å². The van der Waals surface area contributed by atoms with Crippen molar-refractivity contribution >= 4 is 5.97 Å². The lowest BCUT2D eigenvalue weighted by molar-refractivity contribution is -0.0369. The monoisotopic (exact) mass is 339 g/mol. The van der Waals surface area contributed by atoms with Crippen LogP contribution in [0, 0.1) is 5.92 Å². The molecule has 0 unspecified atom stereocenters. The van der Waals surface area contributed by atoms with Crippen LogP contribution < -0.4 is 5.32 Å². The van der Waals surface area contributed by atoms with Gasteiger partial charge in [0.15, 0.2) is 0 Å². The van der Waals surface area contributed by atoms with E-state index in [4.69, 9.17) is 4.74 Å². The summed E-state index contributed by atoms with van der Waals surface area (Å²) in [6.45, 7) is 5.80. The molecule has 1 aliphatic rings. The molecule has 2 N–H and O–H groups in total. The number of carbonyl (C=O) groups is 1. The van der Waals surface area contributed by atoms with Crippen molar-refractivity contribution in [2.24, 2.45) is 5.92 Å². The highest BCUT2D eigenvalue weighted by Gasteiger charge is 2.35. The average molecular weight is 339 g/mol. The van der Waals surface area contributed by atoms with Gasteiger partial charge in [0.1, 0.15) is 16.9 Å². The number of piperidine rings is 1. The van der Waals surface area contributed by atoms with Gasteiger partial charge in [0.25, 0.3) is 0 Å². The van der Waals surface area contributed by atoms with E-state index in [0.717, 1.165) is 31.5 Å². The van der Waals surface area contributed by atoms with Crippen molar-refractivity contribution in [2.45, 2.75) is 32.3 Å². The van der Waals surface area contributed by atoms with E-state index in [1.165, 1.54) is 0 Å². The summed E-state index contributed by atoms with van der Waals surface area (Å²) in [6.07, 6.45) is 1.96. The SMILES string of the molecule is CC(C)(OC(=O)c1cccc(-c2ccccc2)c1O)C1CCNCC1. The summed E-state index contributed by atoms with van der Waals surface area (Å²) >= 11 is 0. The van der Waals surface area contributed by atoms with Gasteiger partial charge in [-0.3, -0.25) is 0 Å². The Labute approximate surface area is 148 Å². The molecule has 0 atom stereocenters. The second-order valence-electron chi connectivity index (χ2n) is 7.09. The van der Waals surface area contributed by atoms with Crippen molar-refractivity contribution in [3.8, 4) is 16.9 Å². The van der Waals surface area contributed by atoms with Gasteiger partial charge in [0.2, 0.25) is 0 Å². The van der Waals surface area contributed by atoms with E-state index in [2.05, 4.69) is 5.32 Å². The number of hydrogen-bond acceptors (Lipinski definition) is 4. The van der Waals surface area contributed by atoms with Gasteiger partial charge in [-0.1, -0.05) is 42.5 Å². The van der Waals surface area contributed by atoms with Gasteiger partial charge in [-0.25, -0.2) is 4.79 Å². The number of phenolic OH excluding ortho intramolecular Hbond substituents is 1. The van der Waals surface area contributed by atoms with Crippen molar-refractivity contribution < 1.29 is 14.6 Å². The van der Waals surface area contributed by atoms with Crippen LogP contribution in [0.25, 0.3) is 11.1 Å². The molecule has 1 aliphatic heterocycles. The maximum Gasteiger partial charge on any atom is 0.342 e. The van der Waals surface area contributed by atoms with Gasteiger partial charge in [0, 0.05) is 11.5 Å². The van der Waals surface area contributed by atoms with Gasteiger partial charge < -0.3 is 15.2 Å². The smallest absolute Gasteiger partial charge is 0.342 e. The minimum Gasteiger partial charge on any atom is -0.506 e. The molecular weight excluding hydrogens is 314 g/mol. The Hall–Kier alpha value is -2.33. The molecule has 0 saturated carbocycles. The molecule has 1 fully saturated rings. The highest BCUT2D eigenvalue weighted by Crippen LogP contribution is 2.35. The number of phenols is 1. The lowest BCUT2D eigenvalue weighted by Gasteiger charge is -2.36. The maximum absolute atomic E-state index is 12.7. The predicted octanol–water partition coefficient (Wildman–Crippen LogP) is 3.99. The highest BCUT2D eigenvalue weighted by atomic mass is 16.6. The number of hydrogen-bond donors (Lipinski definition) is 2. The predicted molar refractivity (Wildman–Crippen MR) is 98.6 cm³/mol. The number of nitrogens with one attached hydrogen (secondary N) is 1. The van der Waals surface area contributed by atoms with Crippen molar-refractivity contribution in [3.63, 3.8) is 0 Å². The molecule has 0 aromatic heterocycles. The summed E-state index contributed by atoms with van der Waals surface area (Å²) in [5, 5.41) is 13.9. The van der Waals surface area contributed by atoms with E-state index in [1.54, 1.807) is 18.2 Å². The van der Waals surface area contributed by atoms with Gasteiger partial charge in [-0.05, 0) is 51.4 Å². The molecular formula is C21H25NO3. The van der Waals surface area contributed by atoms with Crippen molar-refractivity contribution in [1.82, 2.24) is 5.32 Å². The number of benzene rings is 2. The summed E-state index contributed by atoms with van der Waals surface area (Å²) in [4.78, 5) is 12.7. The van der Waals surface area contributed by atoms with E-state index in [-0.39, 0.29) is 11.3 Å². The van der Waals surface area contributed by atoms with Gasteiger partial charge in [-0.15, -0.1) is 0 Å². The fourth-order valence-corrected chi connectivity index (χ4v) is 3.45. The fourth-order valence-electron chi connectivity index (χ4n) is 3.45. The second-order valence-corrected chi connectivity index (χ2v) is 7.09. The molecule has 4 nitrogen and oxygen atoms in total. The number of ether oxygens (including phenoxy) is 1. The number of para-hydroxylation sites is 1. The molecule has 1 saturated heterocycles. The first kappa shape index (κ1) is 17.5. The lowest BCUT2D eigenvalue weighted by Crippen LogP contribution is -2.42. The van der Waals surface area contributed by atoms with E-state index in [1.807, 2.05) is 44.2 Å². The second kappa shape index (κ2) is 7.28. The van der Waals surface area contributed by atoms with E-state index in [0.29, 0.717) is 11.5 Å². The Morgan fingerprint density at radius 2 is 1.76 bits per heavy atom. The third kappa shape index (κ3) is 3.85. The van der Waals surface area contributed by atoms with Crippen LogP contribution in [0.2, 0.25) is 0 Å². The van der Waals surface area contributed by atoms with Crippen molar-refractivity contribution in [1.29, 1.82) is 0 Å². The number of carbonyl (C=O) groups excluding carboxylic acids is 1. The zero-order valence-corrected chi connectivity index (χ0v) is 14.8. The van der Waals surface area contributed by atoms with Crippen LogP contribution in [-0.4, -0.2) is 29.8 Å². The molecule has 132 valence electrons. The third-order valence-corrected chi connectivity index (χ3v) is 5.02. The molecule has 1 heterocycles. The van der Waals surface area contributed by atoms with Crippen LogP contribution in [0.15, 0.2) is 48.5 Å². The number of esters is 1. The lowest BCUT2D eigenvalue weighted by atomic mass is 9.83. The van der Waals surface area contributed by atoms with Crippen molar-refractivity contribution in [3.05, 3.63) is 54.1 Å². The van der Waals surface area contributed by atoms with Crippen molar-refractivity contribution in [2.75, 3.05) is 13.1 Å². The molecule has 3 rings (SSSR count).